The summed E-state index contributed by atoms with van der Waals surface area (Å²) in [5.74, 6) is 0.906. The van der Waals surface area contributed by atoms with Crippen LogP contribution < -0.4 is 11.1 Å². The number of amides is 1. The molecule has 0 aliphatic rings. The minimum atomic E-state index is -0.355. The van der Waals surface area contributed by atoms with Crippen LogP contribution in [0.2, 0.25) is 0 Å². The van der Waals surface area contributed by atoms with Gasteiger partial charge in [-0.3, -0.25) is 4.79 Å². The molecule has 0 aromatic rings. The first-order valence-electron chi connectivity index (χ1n) is 5.73. The quantitative estimate of drug-likeness (QED) is 0.566. The minimum Gasteiger partial charge on any atom is -0.385 e. The fourth-order valence-electron chi connectivity index (χ4n) is 1.27. The fourth-order valence-corrected chi connectivity index (χ4v) is 1.76. The van der Waals surface area contributed by atoms with Gasteiger partial charge in [0.05, 0.1) is 6.04 Å². The van der Waals surface area contributed by atoms with E-state index in [-0.39, 0.29) is 11.9 Å². The summed E-state index contributed by atoms with van der Waals surface area (Å²) in [6.07, 6.45) is 5.88. The van der Waals surface area contributed by atoms with Crippen LogP contribution in [0.1, 0.15) is 25.7 Å². The van der Waals surface area contributed by atoms with Gasteiger partial charge in [0, 0.05) is 20.3 Å². The van der Waals surface area contributed by atoms with Crippen molar-refractivity contribution < 1.29 is 9.53 Å². The Morgan fingerprint density at radius 2 is 2.19 bits per heavy atom. The third-order valence-corrected chi connectivity index (χ3v) is 2.94. The lowest BCUT2D eigenvalue weighted by Crippen LogP contribution is -2.41. The van der Waals surface area contributed by atoms with Crippen molar-refractivity contribution in [3.05, 3.63) is 0 Å². The standard InChI is InChI=1S/C11H24N2O2S/c1-15-8-5-3-4-7-13-11(14)10(12)6-9-16-2/h10H,3-9,12H2,1-2H3,(H,13,14)/t10-/m1/s1. The van der Waals surface area contributed by atoms with Gasteiger partial charge in [0.1, 0.15) is 0 Å². The lowest BCUT2D eigenvalue weighted by Gasteiger charge is -2.11. The molecule has 0 aromatic heterocycles. The second-order valence-electron chi connectivity index (χ2n) is 3.73. The number of unbranched alkanes of at least 4 members (excludes halogenated alkanes) is 2. The Hall–Kier alpha value is -0.260. The zero-order valence-corrected chi connectivity index (χ0v) is 11.1. The van der Waals surface area contributed by atoms with E-state index < -0.39 is 0 Å². The normalized spacial score (nSPS) is 12.4. The number of thioether (sulfide) groups is 1. The molecule has 1 amide bonds. The topological polar surface area (TPSA) is 64.3 Å². The van der Waals surface area contributed by atoms with Crippen LogP contribution in [-0.4, -0.2) is 44.2 Å². The summed E-state index contributed by atoms with van der Waals surface area (Å²) in [6.45, 7) is 1.51. The highest BCUT2D eigenvalue weighted by atomic mass is 32.2. The van der Waals surface area contributed by atoms with E-state index in [1.807, 2.05) is 6.26 Å². The maximum absolute atomic E-state index is 11.5. The van der Waals surface area contributed by atoms with Gasteiger partial charge >= 0.3 is 0 Å². The smallest absolute Gasteiger partial charge is 0.236 e. The van der Waals surface area contributed by atoms with Crippen molar-refractivity contribution in [2.75, 3.05) is 32.3 Å². The molecule has 16 heavy (non-hydrogen) atoms. The van der Waals surface area contributed by atoms with Crippen molar-refractivity contribution >= 4 is 17.7 Å². The van der Waals surface area contributed by atoms with E-state index in [4.69, 9.17) is 10.5 Å². The van der Waals surface area contributed by atoms with E-state index in [0.29, 0.717) is 0 Å². The third kappa shape index (κ3) is 9.00. The van der Waals surface area contributed by atoms with E-state index in [1.165, 1.54) is 0 Å². The molecule has 0 spiro atoms. The second-order valence-corrected chi connectivity index (χ2v) is 4.72. The molecule has 96 valence electrons. The van der Waals surface area contributed by atoms with E-state index in [2.05, 4.69) is 5.32 Å². The maximum Gasteiger partial charge on any atom is 0.236 e. The Labute approximate surface area is 103 Å². The summed E-state index contributed by atoms with van der Waals surface area (Å²) in [7, 11) is 1.70. The summed E-state index contributed by atoms with van der Waals surface area (Å²) in [4.78, 5) is 11.5. The Morgan fingerprint density at radius 3 is 2.81 bits per heavy atom. The van der Waals surface area contributed by atoms with Crippen LogP contribution >= 0.6 is 11.8 Å². The molecule has 0 saturated carbocycles. The maximum atomic E-state index is 11.5. The molecule has 0 fully saturated rings. The lowest BCUT2D eigenvalue weighted by atomic mass is 10.2. The van der Waals surface area contributed by atoms with Gasteiger partial charge in [-0.1, -0.05) is 0 Å². The summed E-state index contributed by atoms with van der Waals surface area (Å²) < 4.78 is 4.94. The highest BCUT2D eigenvalue weighted by Crippen LogP contribution is 1.99. The first-order valence-corrected chi connectivity index (χ1v) is 7.13. The van der Waals surface area contributed by atoms with Crippen molar-refractivity contribution in [3.63, 3.8) is 0 Å². The molecule has 5 heteroatoms. The fraction of sp³-hybridized carbons (Fsp3) is 0.909. The predicted octanol–water partition coefficient (Wildman–Crippen LogP) is 1.000. The van der Waals surface area contributed by atoms with Gasteiger partial charge in [0.2, 0.25) is 5.91 Å². The van der Waals surface area contributed by atoms with Crippen LogP contribution in [0.25, 0.3) is 0 Å². The molecule has 0 bridgehead atoms. The largest absolute Gasteiger partial charge is 0.385 e. The molecule has 0 heterocycles. The molecule has 0 radical (unpaired) electrons. The van der Waals surface area contributed by atoms with Crippen LogP contribution in [0.5, 0.6) is 0 Å². The Morgan fingerprint density at radius 1 is 1.44 bits per heavy atom. The van der Waals surface area contributed by atoms with Gasteiger partial charge in [-0.2, -0.15) is 11.8 Å². The molecule has 1 atom stereocenters. The van der Waals surface area contributed by atoms with Gasteiger partial charge in [0.25, 0.3) is 0 Å². The van der Waals surface area contributed by atoms with E-state index in [9.17, 15) is 4.79 Å². The van der Waals surface area contributed by atoms with Gasteiger partial charge in [0.15, 0.2) is 0 Å². The van der Waals surface area contributed by atoms with E-state index in [1.54, 1.807) is 18.9 Å². The second kappa shape index (κ2) is 11.2. The van der Waals surface area contributed by atoms with E-state index >= 15 is 0 Å². The summed E-state index contributed by atoms with van der Waals surface area (Å²) in [5, 5.41) is 2.85. The van der Waals surface area contributed by atoms with Crippen molar-refractivity contribution in [2.24, 2.45) is 5.73 Å². The van der Waals surface area contributed by atoms with Crippen LogP contribution in [0, 0.1) is 0 Å². The number of nitrogens with one attached hydrogen (secondary N) is 1. The average molecular weight is 248 g/mol. The molecule has 4 nitrogen and oxygen atoms in total. The zero-order valence-electron chi connectivity index (χ0n) is 10.3. The van der Waals surface area contributed by atoms with Crippen molar-refractivity contribution in [1.29, 1.82) is 0 Å². The number of methoxy groups -OCH3 is 1. The van der Waals surface area contributed by atoms with Gasteiger partial charge in [-0.05, 0) is 37.7 Å². The molecule has 3 N–H and O–H groups in total. The van der Waals surface area contributed by atoms with Crippen LogP contribution in [0.4, 0.5) is 0 Å². The number of carbonyl (C=O) groups is 1. The number of nitrogens with two attached hydrogens (primary N) is 1. The molecule has 0 saturated heterocycles. The highest BCUT2D eigenvalue weighted by molar-refractivity contribution is 7.98. The van der Waals surface area contributed by atoms with E-state index in [0.717, 1.165) is 44.6 Å². The summed E-state index contributed by atoms with van der Waals surface area (Å²) >= 11 is 1.71. The monoisotopic (exact) mass is 248 g/mol. The Bertz CT molecular complexity index is 179. The molecule has 0 aliphatic heterocycles. The number of hydrogen-bond acceptors (Lipinski definition) is 4. The third-order valence-electron chi connectivity index (χ3n) is 2.29. The van der Waals surface area contributed by atoms with Crippen molar-refractivity contribution in [1.82, 2.24) is 5.32 Å². The lowest BCUT2D eigenvalue weighted by molar-refractivity contribution is -0.122. The summed E-state index contributed by atoms with van der Waals surface area (Å²) in [5.41, 5.74) is 5.72. The number of rotatable bonds is 10. The molecule has 0 unspecified atom stereocenters. The Kier molecular flexibility index (Phi) is 11.0. The van der Waals surface area contributed by atoms with Crippen LogP contribution in [-0.2, 0) is 9.53 Å². The number of ether oxygens (including phenoxy) is 1. The van der Waals surface area contributed by atoms with Gasteiger partial charge < -0.3 is 15.8 Å². The van der Waals surface area contributed by atoms with Crippen molar-refractivity contribution in [2.45, 2.75) is 31.7 Å². The number of hydrogen-bond donors (Lipinski definition) is 2. The molecule has 0 aromatic carbocycles. The molecular formula is C11H24N2O2S. The minimum absolute atomic E-state index is 0.0270. The SMILES string of the molecule is COCCCCCNC(=O)[C@H](N)CCSC. The molecular weight excluding hydrogens is 224 g/mol. The van der Waals surface area contributed by atoms with Gasteiger partial charge in [-0.15, -0.1) is 0 Å². The van der Waals surface area contributed by atoms with Crippen molar-refractivity contribution in [3.8, 4) is 0 Å². The van der Waals surface area contributed by atoms with Crippen LogP contribution in [0.3, 0.4) is 0 Å². The van der Waals surface area contributed by atoms with Crippen LogP contribution in [0.15, 0.2) is 0 Å². The average Bonchev–Trinajstić information content (AvgIpc) is 2.30. The Balaban J connectivity index is 3.35. The summed E-state index contributed by atoms with van der Waals surface area (Å²) in [6, 6.07) is -0.355. The molecule has 0 aliphatic carbocycles. The predicted molar refractivity (Wildman–Crippen MR) is 69.7 cm³/mol. The zero-order chi connectivity index (χ0) is 12.2. The molecule has 0 rings (SSSR count). The highest BCUT2D eigenvalue weighted by Gasteiger charge is 2.11. The van der Waals surface area contributed by atoms with Gasteiger partial charge in [-0.25, -0.2) is 0 Å². The number of carbonyl (C=O) groups excluding carboxylic acids is 1. The first kappa shape index (κ1) is 15.7. The first-order chi connectivity index (χ1) is 7.72.